The maximum atomic E-state index is 13.9. The summed E-state index contributed by atoms with van der Waals surface area (Å²) in [6.45, 7) is 0. The van der Waals surface area contributed by atoms with Crippen LogP contribution in [0.2, 0.25) is 0 Å². The number of ether oxygens (including phenoxy) is 1. The number of hydrogen-bond acceptors (Lipinski definition) is 3. The van der Waals surface area contributed by atoms with Crippen LogP contribution in [0.25, 0.3) is 0 Å². The molecule has 0 atom stereocenters. The zero-order valence-electron chi connectivity index (χ0n) is 11.8. The Hall–Kier alpha value is -2.00. The first kappa shape index (κ1) is 16.8. The Balaban J connectivity index is 2.05. The summed E-state index contributed by atoms with van der Waals surface area (Å²) < 4.78 is 97.7. The van der Waals surface area contributed by atoms with Gasteiger partial charge in [0.25, 0.3) is 11.8 Å². The molecule has 24 heavy (non-hydrogen) atoms. The molecule has 0 aliphatic heterocycles. The molecule has 1 aromatic rings. The summed E-state index contributed by atoms with van der Waals surface area (Å²) in [6, 6.07) is 1.34. The first-order valence-corrected chi connectivity index (χ1v) is 6.83. The van der Waals surface area contributed by atoms with E-state index in [1.54, 1.807) is 0 Å². The Morgan fingerprint density at radius 2 is 1.75 bits per heavy atom. The highest BCUT2D eigenvalue weighted by atomic mass is 19.4. The summed E-state index contributed by atoms with van der Waals surface area (Å²) >= 11 is 0. The normalized spacial score (nSPS) is 23.9. The third kappa shape index (κ3) is 2.67. The summed E-state index contributed by atoms with van der Waals surface area (Å²) in [4.78, 5) is 0. The molecule has 1 aromatic carbocycles. The van der Waals surface area contributed by atoms with Gasteiger partial charge in [-0.25, -0.2) is 8.78 Å². The summed E-state index contributed by atoms with van der Waals surface area (Å²) in [6.07, 6.45) is -8.36. The number of nitrogens with zero attached hydrogens (tertiary/aromatic N) is 1. The quantitative estimate of drug-likeness (QED) is 0.488. The van der Waals surface area contributed by atoms with Crippen LogP contribution in [0, 0.1) is 0 Å². The molecule has 2 aliphatic rings. The molecule has 3 rings (SSSR count). The van der Waals surface area contributed by atoms with Crippen molar-refractivity contribution < 1.29 is 40.7 Å². The van der Waals surface area contributed by atoms with Crippen LogP contribution in [0.3, 0.4) is 0 Å². The molecule has 0 heterocycles. The maximum Gasteiger partial charge on any atom is 0.417 e. The van der Waals surface area contributed by atoms with E-state index >= 15 is 0 Å². The summed E-state index contributed by atoms with van der Waals surface area (Å²) in [5.41, 5.74) is -4.26. The second-order valence-corrected chi connectivity index (χ2v) is 5.80. The molecule has 0 radical (unpaired) electrons. The van der Waals surface area contributed by atoms with Crippen LogP contribution in [0.1, 0.15) is 29.5 Å². The molecule has 1 fully saturated rings. The van der Waals surface area contributed by atoms with Gasteiger partial charge in [-0.3, -0.25) is 0 Å². The highest BCUT2D eigenvalue weighted by molar-refractivity contribution is 6.11. The maximum absolute atomic E-state index is 13.9. The molecule has 0 spiro atoms. The van der Waals surface area contributed by atoms with Gasteiger partial charge in [0, 0.05) is 30.4 Å². The van der Waals surface area contributed by atoms with E-state index in [0.29, 0.717) is 6.07 Å². The minimum Gasteiger partial charge on any atom is -0.490 e. The topological polar surface area (TPSA) is 41.8 Å². The van der Waals surface area contributed by atoms with Crippen molar-refractivity contribution in [1.82, 2.24) is 0 Å². The molecule has 1 saturated carbocycles. The smallest absolute Gasteiger partial charge is 0.417 e. The van der Waals surface area contributed by atoms with E-state index in [1.807, 2.05) is 0 Å². The third-order valence-corrected chi connectivity index (χ3v) is 4.00. The van der Waals surface area contributed by atoms with Gasteiger partial charge in [0.05, 0.1) is 5.56 Å². The highest BCUT2D eigenvalue weighted by Crippen LogP contribution is 2.47. The lowest BCUT2D eigenvalue weighted by molar-refractivity contribution is -0.137. The van der Waals surface area contributed by atoms with Crippen LogP contribution in [0.5, 0.6) is 5.75 Å². The predicted octanol–water partition coefficient (Wildman–Crippen LogP) is 4.25. The Kier molecular flexibility index (Phi) is 3.51. The van der Waals surface area contributed by atoms with E-state index in [-0.39, 0.29) is 5.75 Å². The first-order valence-electron chi connectivity index (χ1n) is 6.83. The Bertz CT molecular complexity index is 704. The number of fused-ring (bicyclic) bond motifs is 1. The number of rotatable bonds is 2. The first-order chi connectivity index (χ1) is 10.9. The van der Waals surface area contributed by atoms with Gasteiger partial charge in [-0.1, -0.05) is 5.16 Å². The lowest BCUT2D eigenvalue weighted by Crippen LogP contribution is -2.43. The van der Waals surface area contributed by atoms with Crippen LogP contribution in [-0.4, -0.2) is 28.9 Å². The predicted molar refractivity (Wildman–Crippen MR) is 67.0 cm³/mol. The van der Waals surface area contributed by atoms with Crippen molar-refractivity contribution in [3.05, 3.63) is 28.8 Å². The molecular formula is C14H10F7NO2. The lowest BCUT2D eigenvalue weighted by Gasteiger charge is -2.35. The molecular weight excluding hydrogens is 347 g/mol. The molecule has 0 bridgehead atoms. The second-order valence-electron chi connectivity index (χ2n) is 5.80. The Morgan fingerprint density at radius 1 is 1.12 bits per heavy atom. The van der Waals surface area contributed by atoms with Crippen LogP contribution < -0.4 is 4.74 Å². The molecule has 0 unspecified atom stereocenters. The van der Waals surface area contributed by atoms with Crippen molar-refractivity contribution in [1.29, 1.82) is 0 Å². The van der Waals surface area contributed by atoms with Crippen LogP contribution in [0.4, 0.5) is 30.7 Å². The summed E-state index contributed by atoms with van der Waals surface area (Å²) in [5, 5.41) is 11.1. The third-order valence-electron chi connectivity index (χ3n) is 4.00. The van der Waals surface area contributed by atoms with E-state index in [2.05, 4.69) is 5.16 Å². The minimum absolute atomic E-state index is 0.336. The van der Waals surface area contributed by atoms with E-state index in [4.69, 9.17) is 9.94 Å². The van der Waals surface area contributed by atoms with Crippen molar-refractivity contribution in [2.45, 2.75) is 43.4 Å². The van der Waals surface area contributed by atoms with Crippen LogP contribution in [-0.2, 0) is 12.6 Å². The number of hydrogen-bond donors (Lipinski definition) is 1. The average Bonchev–Trinajstić information content (AvgIpc) is 2.65. The number of benzene rings is 1. The molecule has 132 valence electrons. The van der Waals surface area contributed by atoms with Gasteiger partial charge in [0.2, 0.25) is 0 Å². The standard InChI is InChI=1S/C14H10F7NO2/c15-12(16)3-6(4-12)24-9-2-1-8(14(19,20)21)10-7(9)5-13(17,18)11(10)22-23/h1-2,6,23H,3-5H2/b22-11-. The van der Waals surface area contributed by atoms with E-state index in [0.717, 1.165) is 6.07 Å². The zero-order chi connectivity index (χ0) is 17.9. The van der Waals surface area contributed by atoms with Crippen LogP contribution >= 0.6 is 0 Å². The van der Waals surface area contributed by atoms with E-state index in [1.165, 1.54) is 0 Å². The second kappa shape index (κ2) is 5.00. The van der Waals surface area contributed by atoms with Crippen molar-refractivity contribution in [3.8, 4) is 5.75 Å². The highest BCUT2D eigenvalue weighted by Gasteiger charge is 2.52. The number of halogens is 7. The van der Waals surface area contributed by atoms with Crippen molar-refractivity contribution in [2.24, 2.45) is 5.16 Å². The van der Waals surface area contributed by atoms with Crippen molar-refractivity contribution in [2.75, 3.05) is 0 Å². The van der Waals surface area contributed by atoms with Crippen molar-refractivity contribution in [3.63, 3.8) is 0 Å². The summed E-state index contributed by atoms with van der Waals surface area (Å²) in [7, 11) is 0. The zero-order valence-corrected chi connectivity index (χ0v) is 11.8. The van der Waals surface area contributed by atoms with Gasteiger partial charge in [-0.2, -0.15) is 22.0 Å². The molecule has 2 aliphatic carbocycles. The molecule has 3 nitrogen and oxygen atoms in total. The van der Waals surface area contributed by atoms with Gasteiger partial charge in [0.15, 0.2) is 5.71 Å². The SMILES string of the molecule is O/N=C1/c2c(C(F)(F)F)ccc(OC3CC(F)(F)C3)c2CC1(F)F. The van der Waals surface area contributed by atoms with Gasteiger partial charge >= 0.3 is 6.18 Å². The number of alkyl halides is 7. The molecule has 0 aromatic heterocycles. The Morgan fingerprint density at radius 3 is 2.25 bits per heavy atom. The largest absolute Gasteiger partial charge is 0.490 e. The monoisotopic (exact) mass is 357 g/mol. The van der Waals surface area contributed by atoms with Gasteiger partial charge in [-0.15, -0.1) is 0 Å². The molecule has 0 amide bonds. The number of oxime groups is 1. The fraction of sp³-hybridized carbons (Fsp3) is 0.500. The van der Waals surface area contributed by atoms with Gasteiger partial charge in [-0.05, 0) is 12.1 Å². The summed E-state index contributed by atoms with van der Waals surface area (Å²) in [5.74, 6) is -7.08. The average molecular weight is 357 g/mol. The molecule has 1 N–H and O–H groups in total. The fourth-order valence-electron chi connectivity index (χ4n) is 2.90. The van der Waals surface area contributed by atoms with E-state index in [9.17, 15) is 30.7 Å². The molecule has 10 heteroatoms. The van der Waals surface area contributed by atoms with Crippen LogP contribution in [0.15, 0.2) is 17.3 Å². The van der Waals surface area contributed by atoms with E-state index < -0.39 is 65.8 Å². The molecule has 0 saturated heterocycles. The fourth-order valence-corrected chi connectivity index (χ4v) is 2.90. The minimum atomic E-state index is -4.96. The van der Waals surface area contributed by atoms with Crippen molar-refractivity contribution >= 4 is 5.71 Å². The van der Waals surface area contributed by atoms with Gasteiger partial charge < -0.3 is 9.94 Å². The van der Waals surface area contributed by atoms with Gasteiger partial charge in [0.1, 0.15) is 11.9 Å². The Labute approximate surface area is 130 Å². The lowest BCUT2D eigenvalue weighted by atomic mass is 9.90.